The van der Waals surface area contributed by atoms with Crippen LogP contribution in [0.5, 0.6) is 0 Å². The maximum Gasteiger partial charge on any atom is 0.326 e. The number of aliphatic imine (C=N–C) groups is 1. The molecule has 1 aromatic rings. The Morgan fingerprint density at radius 3 is 1.62 bits per heavy atom. The van der Waals surface area contributed by atoms with E-state index in [1.807, 2.05) is 44.2 Å². The van der Waals surface area contributed by atoms with E-state index >= 15 is 0 Å². The highest BCUT2D eigenvalue weighted by atomic mass is 16.4. The lowest BCUT2D eigenvalue weighted by atomic mass is 9.98. The van der Waals surface area contributed by atoms with E-state index in [4.69, 9.17) is 22.9 Å². The first-order valence-corrected chi connectivity index (χ1v) is 23.1. The molecule has 0 fully saturated rings. The van der Waals surface area contributed by atoms with Crippen molar-refractivity contribution in [2.24, 2.45) is 45.7 Å². The largest absolute Gasteiger partial charge is 0.481 e. The van der Waals surface area contributed by atoms with Crippen LogP contribution in [0.1, 0.15) is 105 Å². The van der Waals surface area contributed by atoms with Gasteiger partial charge in [0, 0.05) is 6.54 Å². The molecule has 68 heavy (non-hydrogen) atoms. The first-order chi connectivity index (χ1) is 32.0. The molecule has 0 spiro atoms. The number of guanidine groups is 1. The molecule has 0 saturated carbocycles. The Morgan fingerprint density at radius 1 is 0.632 bits per heavy atom. The van der Waals surface area contributed by atoms with Crippen LogP contribution in [0.25, 0.3) is 0 Å². The average molecular weight is 961 g/mol. The van der Waals surface area contributed by atoms with Gasteiger partial charge in [-0.3, -0.25) is 43.3 Å². The molecule has 1 aromatic carbocycles. The van der Waals surface area contributed by atoms with Crippen molar-refractivity contribution in [3.05, 3.63) is 35.9 Å². The number of carbonyl (C=O) groups is 9. The number of carbonyl (C=O) groups excluding carboxylic acids is 7. The van der Waals surface area contributed by atoms with Crippen LogP contribution in [-0.4, -0.2) is 131 Å². The van der Waals surface area contributed by atoms with Crippen LogP contribution in [0.15, 0.2) is 35.3 Å². The van der Waals surface area contributed by atoms with Crippen molar-refractivity contribution in [1.82, 2.24) is 37.2 Å². The highest BCUT2D eigenvalue weighted by molar-refractivity contribution is 5.98. The highest BCUT2D eigenvalue weighted by Gasteiger charge is 2.35. The lowest BCUT2D eigenvalue weighted by Crippen LogP contribution is -2.60. The van der Waals surface area contributed by atoms with Crippen molar-refractivity contribution in [3.8, 4) is 0 Å². The van der Waals surface area contributed by atoms with Crippen LogP contribution >= 0.6 is 0 Å². The minimum Gasteiger partial charge on any atom is -0.481 e. The summed E-state index contributed by atoms with van der Waals surface area (Å²) in [6.07, 6.45) is 0.768. The van der Waals surface area contributed by atoms with Crippen LogP contribution in [0.3, 0.4) is 0 Å². The molecule has 0 radical (unpaired) electrons. The number of hydrogen-bond acceptors (Lipinski definition) is 12. The van der Waals surface area contributed by atoms with Gasteiger partial charge in [0.25, 0.3) is 0 Å². The van der Waals surface area contributed by atoms with Crippen LogP contribution < -0.4 is 60.2 Å². The molecule has 0 unspecified atom stereocenters. The predicted molar refractivity (Wildman–Crippen MR) is 254 cm³/mol. The van der Waals surface area contributed by atoms with Gasteiger partial charge in [0.2, 0.25) is 41.4 Å². The van der Waals surface area contributed by atoms with E-state index in [0.717, 1.165) is 5.56 Å². The Labute approximate surface area is 398 Å². The van der Waals surface area contributed by atoms with Gasteiger partial charge in [-0.25, -0.2) is 4.79 Å². The average Bonchev–Trinajstić information content (AvgIpc) is 3.26. The van der Waals surface area contributed by atoms with Crippen LogP contribution in [0.4, 0.5) is 0 Å². The molecule has 0 aliphatic carbocycles. The van der Waals surface area contributed by atoms with E-state index in [-0.39, 0.29) is 69.4 Å². The summed E-state index contributed by atoms with van der Waals surface area (Å²) in [6.45, 7) is 10.3. The summed E-state index contributed by atoms with van der Waals surface area (Å²) in [6, 6.07) is -0.132. The van der Waals surface area contributed by atoms with Gasteiger partial charge in [0.05, 0.1) is 19.0 Å². The van der Waals surface area contributed by atoms with Crippen molar-refractivity contribution in [2.75, 3.05) is 19.6 Å². The maximum atomic E-state index is 14.0. The first kappa shape index (κ1) is 59.7. The fourth-order valence-electron chi connectivity index (χ4n) is 6.85. The Balaban J connectivity index is 3.32. The minimum absolute atomic E-state index is 0.00276. The number of carboxylic acids is 2. The summed E-state index contributed by atoms with van der Waals surface area (Å²) < 4.78 is 0. The Hall–Kier alpha value is -6.36. The molecule has 23 heteroatoms. The van der Waals surface area contributed by atoms with Gasteiger partial charge in [-0.05, 0) is 81.2 Å². The normalized spacial score (nSPS) is 14.6. The molecule has 382 valence electrons. The van der Waals surface area contributed by atoms with Crippen molar-refractivity contribution < 1.29 is 53.4 Å². The Kier molecular flexibility index (Phi) is 27.7. The monoisotopic (exact) mass is 961 g/mol. The van der Waals surface area contributed by atoms with Gasteiger partial charge < -0.3 is 70.4 Å². The molecule has 23 nitrogen and oxygen atoms in total. The van der Waals surface area contributed by atoms with Crippen molar-refractivity contribution in [1.29, 1.82) is 0 Å². The van der Waals surface area contributed by atoms with E-state index in [0.29, 0.717) is 19.3 Å². The van der Waals surface area contributed by atoms with Crippen molar-refractivity contribution in [3.63, 3.8) is 0 Å². The fraction of sp³-hybridized carbons (Fsp3) is 0.644. The number of nitrogens with zero attached hydrogens (tertiary/aromatic N) is 1. The molecule has 8 atom stereocenters. The number of unbranched alkanes of at least 4 members (excludes halogenated alkanes) is 1. The third kappa shape index (κ3) is 23.9. The smallest absolute Gasteiger partial charge is 0.326 e. The van der Waals surface area contributed by atoms with Crippen molar-refractivity contribution in [2.45, 2.75) is 148 Å². The summed E-state index contributed by atoms with van der Waals surface area (Å²) in [5.41, 5.74) is 23.4. The molecule has 0 bridgehead atoms. The van der Waals surface area contributed by atoms with Gasteiger partial charge in [0.15, 0.2) is 5.96 Å². The molecule has 7 amide bonds. The summed E-state index contributed by atoms with van der Waals surface area (Å²) in [5.74, 6) is -9.58. The molecule has 0 aliphatic rings. The summed E-state index contributed by atoms with van der Waals surface area (Å²) in [7, 11) is 0. The SMILES string of the molecule is CC[C@H](C)[C@H](NC(=O)[C@H](CCCN=C(N)N)NC(=O)[C@H](CC(=O)O)NC(=O)[C@H](CC(C)C)NC(=O)[C@H](CCCCN)NC(=O)[C@H](CC(C)C)NC(=O)CNC(=O)[C@@H](N)Cc1ccccc1)C(=O)O. The van der Waals surface area contributed by atoms with E-state index in [2.05, 4.69) is 42.2 Å². The number of aliphatic carboxylic acids is 2. The number of nitrogens with two attached hydrogens (primary N) is 4. The van der Waals surface area contributed by atoms with Crippen LogP contribution in [0, 0.1) is 17.8 Å². The maximum absolute atomic E-state index is 14.0. The third-order valence-electron chi connectivity index (χ3n) is 10.7. The lowest BCUT2D eigenvalue weighted by Gasteiger charge is -2.28. The minimum atomic E-state index is -1.78. The van der Waals surface area contributed by atoms with E-state index in [9.17, 15) is 53.4 Å². The number of amides is 7. The predicted octanol–water partition coefficient (Wildman–Crippen LogP) is -1.54. The molecule has 17 N–H and O–H groups in total. The molecular weight excluding hydrogens is 885 g/mol. The molecule has 0 saturated heterocycles. The summed E-state index contributed by atoms with van der Waals surface area (Å²) >= 11 is 0. The molecule has 1 rings (SSSR count). The van der Waals surface area contributed by atoms with Crippen molar-refractivity contribution >= 4 is 59.2 Å². The zero-order valence-electron chi connectivity index (χ0n) is 40.2. The number of rotatable bonds is 33. The zero-order chi connectivity index (χ0) is 51.5. The Bertz CT molecular complexity index is 1850. The second kappa shape index (κ2) is 31.6. The standard InChI is InChI=1S/C45H76N12O11/c1-7-27(6)37(44(67)68)57-40(63)31(17-13-19-50-45(48)49)54-43(66)34(23-36(59)60)56-42(65)33(21-26(4)5)55-39(62)30(16-11-12-18-46)53-41(64)32(20-25(2)3)52-35(58)24-51-38(61)29(47)22-28-14-9-8-10-15-28/h8-10,14-15,25-27,29-34,37H,7,11-13,16-24,46-47H2,1-6H3,(H,51,61)(H,52,58)(H,53,64)(H,54,66)(H,55,62)(H,56,65)(H,57,63)(H,59,60)(H,67,68)(H4,48,49,50)/t27-,29-,30-,31-,32-,33-,34-,37-/m0/s1. The summed E-state index contributed by atoms with van der Waals surface area (Å²) in [4.78, 5) is 123. The second-order valence-corrected chi connectivity index (χ2v) is 17.7. The van der Waals surface area contributed by atoms with Gasteiger partial charge in [-0.1, -0.05) is 78.3 Å². The number of benzene rings is 1. The van der Waals surface area contributed by atoms with Crippen LogP contribution in [0.2, 0.25) is 0 Å². The van der Waals surface area contributed by atoms with E-state index in [1.54, 1.807) is 27.7 Å². The third-order valence-corrected chi connectivity index (χ3v) is 10.7. The Morgan fingerprint density at radius 2 is 1.12 bits per heavy atom. The van der Waals surface area contributed by atoms with E-state index in [1.165, 1.54) is 0 Å². The highest BCUT2D eigenvalue weighted by Crippen LogP contribution is 2.13. The fourth-order valence-corrected chi connectivity index (χ4v) is 6.85. The molecule has 0 aromatic heterocycles. The van der Waals surface area contributed by atoms with Gasteiger partial charge in [-0.2, -0.15) is 0 Å². The number of carboxylic acid groups (broad SMARTS) is 2. The van der Waals surface area contributed by atoms with Gasteiger partial charge in [-0.15, -0.1) is 0 Å². The summed E-state index contributed by atoms with van der Waals surface area (Å²) in [5, 5.41) is 37.2. The van der Waals surface area contributed by atoms with Crippen LogP contribution in [-0.2, 0) is 49.6 Å². The lowest BCUT2D eigenvalue weighted by molar-refractivity contribution is -0.144. The number of nitrogens with one attached hydrogen (secondary N) is 7. The number of hydrogen-bond donors (Lipinski definition) is 13. The van der Waals surface area contributed by atoms with Gasteiger partial charge >= 0.3 is 11.9 Å². The molecule has 0 heterocycles. The zero-order valence-corrected chi connectivity index (χ0v) is 40.2. The first-order valence-electron chi connectivity index (χ1n) is 23.1. The topological polar surface area (TPSA) is 395 Å². The quantitative estimate of drug-likeness (QED) is 0.0216. The molecule has 0 aliphatic heterocycles. The second-order valence-electron chi connectivity index (χ2n) is 17.7. The molecular formula is C45H76N12O11. The van der Waals surface area contributed by atoms with Gasteiger partial charge in [0.1, 0.15) is 36.3 Å². The van der Waals surface area contributed by atoms with E-state index < -0.39 is 114 Å².